The average molecular weight is 313 g/mol. The standard InChI is InChI=1S/C16H19N5O2/c1-5-10(3)21-15-13(8-17-21)12(6-9(2)18-15)16(22)19-14-7-11(4)23-20-14/h6-8,10H,5H2,1-4H3,(H,19,20,22)/t10-/m1/s1. The zero-order valence-corrected chi connectivity index (χ0v) is 13.6. The van der Waals surface area contributed by atoms with Crippen LogP contribution in [0.4, 0.5) is 5.82 Å². The van der Waals surface area contributed by atoms with Gasteiger partial charge in [0.15, 0.2) is 11.5 Å². The number of carbonyl (C=O) groups excluding carboxylic acids is 1. The zero-order valence-electron chi connectivity index (χ0n) is 13.6. The fourth-order valence-corrected chi connectivity index (χ4v) is 2.44. The van der Waals surface area contributed by atoms with Crippen LogP contribution in [0, 0.1) is 13.8 Å². The normalized spacial score (nSPS) is 12.5. The molecule has 0 saturated heterocycles. The quantitative estimate of drug-likeness (QED) is 0.799. The Balaban J connectivity index is 2.03. The van der Waals surface area contributed by atoms with Crippen molar-refractivity contribution < 1.29 is 9.32 Å². The van der Waals surface area contributed by atoms with Gasteiger partial charge in [0.2, 0.25) is 0 Å². The van der Waals surface area contributed by atoms with Crippen LogP contribution in [0.15, 0.2) is 22.9 Å². The SMILES string of the molecule is CC[C@@H](C)n1ncc2c(C(=O)Nc3cc(C)on3)cc(C)nc21. The van der Waals surface area contributed by atoms with E-state index in [1.165, 1.54) is 0 Å². The lowest BCUT2D eigenvalue weighted by molar-refractivity contribution is 0.102. The molecule has 0 aliphatic carbocycles. The van der Waals surface area contributed by atoms with Crippen LogP contribution in [0.5, 0.6) is 0 Å². The summed E-state index contributed by atoms with van der Waals surface area (Å²) in [5, 5.41) is 11.7. The van der Waals surface area contributed by atoms with Gasteiger partial charge < -0.3 is 9.84 Å². The minimum Gasteiger partial charge on any atom is -0.360 e. The molecule has 0 saturated carbocycles. The zero-order chi connectivity index (χ0) is 16.6. The van der Waals surface area contributed by atoms with Crippen LogP contribution in [-0.4, -0.2) is 25.8 Å². The summed E-state index contributed by atoms with van der Waals surface area (Å²) in [6, 6.07) is 3.65. The highest BCUT2D eigenvalue weighted by Crippen LogP contribution is 2.23. The molecule has 3 aromatic heterocycles. The first kappa shape index (κ1) is 15.2. The second kappa shape index (κ2) is 5.83. The minimum atomic E-state index is -0.252. The maximum Gasteiger partial charge on any atom is 0.257 e. The van der Waals surface area contributed by atoms with Gasteiger partial charge in [0.25, 0.3) is 5.91 Å². The van der Waals surface area contributed by atoms with Gasteiger partial charge >= 0.3 is 0 Å². The van der Waals surface area contributed by atoms with E-state index < -0.39 is 0 Å². The van der Waals surface area contributed by atoms with Crippen LogP contribution in [0.1, 0.15) is 48.1 Å². The number of pyridine rings is 1. The number of nitrogens with zero attached hydrogens (tertiary/aromatic N) is 4. The highest BCUT2D eigenvalue weighted by atomic mass is 16.5. The summed E-state index contributed by atoms with van der Waals surface area (Å²) in [6.45, 7) is 7.81. The maximum absolute atomic E-state index is 12.6. The minimum absolute atomic E-state index is 0.218. The summed E-state index contributed by atoms with van der Waals surface area (Å²) in [4.78, 5) is 17.1. The van der Waals surface area contributed by atoms with Gasteiger partial charge in [-0.05, 0) is 33.3 Å². The van der Waals surface area contributed by atoms with Crippen molar-refractivity contribution in [3.05, 3.63) is 35.3 Å². The summed E-state index contributed by atoms with van der Waals surface area (Å²) in [7, 11) is 0. The van der Waals surface area contributed by atoms with Gasteiger partial charge in [0.05, 0.1) is 23.2 Å². The van der Waals surface area contributed by atoms with E-state index in [0.29, 0.717) is 17.1 Å². The molecule has 0 spiro atoms. The molecule has 7 nitrogen and oxygen atoms in total. The van der Waals surface area contributed by atoms with Gasteiger partial charge in [-0.2, -0.15) is 5.10 Å². The number of nitrogens with one attached hydrogen (secondary N) is 1. The molecule has 0 bridgehead atoms. The van der Waals surface area contributed by atoms with E-state index in [2.05, 4.69) is 34.4 Å². The van der Waals surface area contributed by atoms with Crippen LogP contribution in [0.25, 0.3) is 11.0 Å². The molecular formula is C16H19N5O2. The lowest BCUT2D eigenvalue weighted by atomic mass is 10.1. The van der Waals surface area contributed by atoms with E-state index in [-0.39, 0.29) is 11.9 Å². The van der Waals surface area contributed by atoms with E-state index in [4.69, 9.17) is 4.52 Å². The van der Waals surface area contributed by atoms with E-state index >= 15 is 0 Å². The molecule has 3 rings (SSSR count). The second-order valence-corrected chi connectivity index (χ2v) is 5.67. The fourth-order valence-electron chi connectivity index (χ4n) is 2.44. The Bertz CT molecular complexity index is 865. The largest absolute Gasteiger partial charge is 0.360 e. The monoisotopic (exact) mass is 313 g/mol. The summed E-state index contributed by atoms with van der Waals surface area (Å²) in [6.07, 6.45) is 2.63. The molecule has 3 heterocycles. The Hall–Kier alpha value is -2.70. The molecule has 0 fully saturated rings. The molecule has 7 heteroatoms. The molecular weight excluding hydrogens is 294 g/mol. The third-order valence-electron chi connectivity index (χ3n) is 3.82. The van der Waals surface area contributed by atoms with Gasteiger partial charge in [0, 0.05) is 11.8 Å². The van der Waals surface area contributed by atoms with Crippen molar-refractivity contribution in [2.45, 2.75) is 40.2 Å². The van der Waals surface area contributed by atoms with Crippen molar-refractivity contribution in [2.75, 3.05) is 5.32 Å². The Morgan fingerprint density at radius 2 is 2.17 bits per heavy atom. The van der Waals surface area contributed by atoms with Gasteiger partial charge in [-0.1, -0.05) is 12.1 Å². The smallest absolute Gasteiger partial charge is 0.257 e. The predicted octanol–water partition coefficient (Wildman–Crippen LogP) is 3.26. The topological polar surface area (TPSA) is 85.8 Å². The Morgan fingerprint density at radius 3 is 2.83 bits per heavy atom. The van der Waals surface area contributed by atoms with Crippen LogP contribution in [0.3, 0.4) is 0 Å². The number of rotatable bonds is 4. The summed E-state index contributed by atoms with van der Waals surface area (Å²) in [5.41, 5.74) is 2.02. The van der Waals surface area contributed by atoms with E-state index in [1.54, 1.807) is 25.3 Å². The number of hydrogen-bond donors (Lipinski definition) is 1. The van der Waals surface area contributed by atoms with Crippen molar-refractivity contribution in [3.63, 3.8) is 0 Å². The van der Waals surface area contributed by atoms with Crippen molar-refractivity contribution in [2.24, 2.45) is 0 Å². The lowest BCUT2D eigenvalue weighted by Gasteiger charge is -2.11. The molecule has 1 N–H and O–H groups in total. The number of amides is 1. The maximum atomic E-state index is 12.6. The van der Waals surface area contributed by atoms with E-state index in [1.807, 2.05) is 11.6 Å². The van der Waals surface area contributed by atoms with Crippen molar-refractivity contribution in [1.82, 2.24) is 19.9 Å². The van der Waals surface area contributed by atoms with E-state index in [9.17, 15) is 4.79 Å². The van der Waals surface area contributed by atoms with Crippen molar-refractivity contribution in [1.29, 1.82) is 0 Å². The Labute approximate surface area is 133 Å². The third-order valence-corrected chi connectivity index (χ3v) is 3.82. The van der Waals surface area contributed by atoms with Crippen LogP contribution in [-0.2, 0) is 0 Å². The number of aromatic nitrogens is 4. The Morgan fingerprint density at radius 1 is 1.39 bits per heavy atom. The predicted molar refractivity (Wildman–Crippen MR) is 86.5 cm³/mol. The molecule has 0 unspecified atom stereocenters. The fraction of sp³-hybridized carbons (Fsp3) is 0.375. The molecule has 0 aromatic carbocycles. The highest BCUT2D eigenvalue weighted by Gasteiger charge is 2.18. The number of carbonyl (C=O) groups is 1. The molecule has 120 valence electrons. The molecule has 0 aliphatic rings. The first-order valence-corrected chi connectivity index (χ1v) is 7.59. The average Bonchev–Trinajstić information content (AvgIpc) is 3.11. The van der Waals surface area contributed by atoms with Crippen molar-refractivity contribution in [3.8, 4) is 0 Å². The summed E-state index contributed by atoms with van der Waals surface area (Å²) >= 11 is 0. The van der Waals surface area contributed by atoms with Crippen LogP contribution < -0.4 is 5.32 Å². The number of anilines is 1. The molecule has 3 aromatic rings. The third kappa shape index (κ3) is 2.81. The lowest BCUT2D eigenvalue weighted by Crippen LogP contribution is -2.14. The number of hydrogen-bond acceptors (Lipinski definition) is 5. The van der Waals surface area contributed by atoms with E-state index in [0.717, 1.165) is 23.1 Å². The molecule has 0 radical (unpaired) electrons. The Kier molecular flexibility index (Phi) is 3.85. The van der Waals surface area contributed by atoms with Crippen LogP contribution >= 0.6 is 0 Å². The summed E-state index contributed by atoms with van der Waals surface area (Å²) in [5.74, 6) is 0.780. The molecule has 0 aliphatic heterocycles. The number of fused-ring (bicyclic) bond motifs is 1. The van der Waals surface area contributed by atoms with Gasteiger partial charge in [-0.3, -0.25) is 4.79 Å². The molecule has 23 heavy (non-hydrogen) atoms. The first-order chi connectivity index (χ1) is 11.0. The molecule has 1 atom stereocenters. The molecule has 1 amide bonds. The number of aryl methyl sites for hydroxylation is 2. The summed E-state index contributed by atoms with van der Waals surface area (Å²) < 4.78 is 6.83. The van der Waals surface area contributed by atoms with Crippen LogP contribution in [0.2, 0.25) is 0 Å². The van der Waals surface area contributed by atoms with Gasteiger partial charge in [0.1, 0.15) is 5.76 Å². The highest BCUT2D eigenvalue weighted by molar-refractivity contribution is 6.11. The van der Waals surface area contributed by atoms with Gasteiger partial charge in [-0.25, -0.2) is 9.67 Å². The first-order valence-electron chi connectivity index (χ1n) is 7.59. The van der Waals surface area contributed by atoms with Gasteiger partial charge in [-0.15, -0.1) is 0 Å². The second-order valence-electron chi connectivity index (χ2n) is 5.67. The van der Waals surface area contributed by atoms with Crippen molar-refractivity contribution >= 4 is 22.8 Å².